The van der Waals surface area contributed by atoms with Crippen LogP contribution in [0.15, 0.2) is 0 Å². The summed E-state index contributed by atoms with van der Waals surface area (Å²) in [5.74, 6) is 0.656. The second-order valence-electron chi connectivity index (χ2n) is 6.05. The van der Waals surface area contributed by atoms with E-state index in [-0.39, 0.29) is 11.3 Å². The standard InChI is InChI=1S/C15H31N3O/c1-5-18(6-2)11-10-17-14(19)15(3,4)13-8-7-9-16-12-13/h13,16H,5-12H2,1-4H3,(H,17,19). The van der Waals surface area contributed by atoms with Gasteiger partial charge in [0, 0.05) is 18.5 Å². The first kappa shape index (κ1) is 16.4. The van der Waals surface area contributed by atoms with Gasteiger partial charge in [-0.1, -0.05) is 27.7 Å². The number of piperidine rings is 1. The Morgan fingerprint density at radius 3 is 2.58 bits per heavy atom. The highest BCUT2D eigenvalue weighted by Gasteiger charge is 2.36. The third-order valence-electron chi connectivity index (χ3n) is 4.51. The van der Waals surface area contributed by atoms with E-state index in [1.807, 2.05) is 0 Å². The maximum Gasteiger partial charge on any atom is 0.226 e. The minimum absolute atomic E-state index is 0.202. The van der Waals surface area contributed by atoms with Crippen LogP contribution in [0.5, 0.6) is 0 Å². The summed E-state index contributed by atoms with van der Waals surface area (Å²) in [4.78, 5) is 14.7. The molecule has 0 aromatic heterocycles. The van der Waals surface area contributed by atoms with E-state index in [1.54, 1.807) is 0 Å². The highest BCUT2D eigenvalue weighted by molar-refractivity contribution is 5.82. The Morgan fingerprint density at radius 1 is 1.37 bits per heavy atom. The molecular formula is C15H31N3O. The molecule has 4 nitrogen and oxygen atoms in total. The largest absolute Gasteiger partial charge is 0.354 e. The fourth-order valence-corrected chi connectivity index (χ4v) is 2.75. The highest BCUT2D eigenvalue weighted by atomic mass is 16.2. The molecule has 112 valence electrons. The number of hydrogen-bond acceptors (Lipinski definition) is 3. The van der Waals surface area contributed by atoms with Gasteiger partial charge < -0.3 is 15.5 Å². The molecule has 1 unspecified atom stereocenters. The lowest BCUT2D eigenvalue weighted by Crippen LogP contribution is -2.48. The highest BCUT2D eigenvalue weighted by Crippen LogP contribution is 2.31. The van der Waals surface area contributed by atoms with E-state index >= 15 is 0 Å². The van der Waals surface area contributed by atoms with Crippen LogP contribution in [-0.4, -0.2) is 50.1 Å². The van der Waals surface area contributed by atoms with Crippen molar-refractivity contribution in [3.05, 3.63) is 0 Å². The zero-order chi connectivity index (χ0) is 14.3. The van der Waals surface area contributed by atoms with Gasteiger partial charge in [0.15, 0.2) is 0 Å². The predicted molar refractivity (Wildman–Crippen MR) is 80.2 cm³/mol. The number of nitrogens with zero attached hydrogens (tertiary/aromatic N) is 1. The van der Waals surface area contributed by atoms with Crippen molar-refractivity contribution in [1.82, 2.24) is 15.5 Å². The number of amides is 1. The van der Waals surface area contributed by atoms with Gasteiger partial charge >= 0.3 is 0 Å². The smallest absolute Gasteiger partial charge is 0.226 e. The van der Waals surface area contributed by atoms with Gasteiger partial charge in [0.05, 0.1) is 0 Å². The van der Waals surface area contributed by atoms with Gasteiger partial charge in [-0.3, -0.25) is 4.79 Å². The minimum Gasteiger partial charge on any atom is -0.354 e. The van der Waals surface area contributed by atoms with Crippen molar-refractivity contribution in [3.63, 3.8) is 0 Å². The SMILES string of the molecule is CCN(CC)CCNC(=O)C(C)(C)C1CCCNC1. The third-order valence-corrected chi connectivity index (χ3v) is 4.51. The van der Waals surface area contributed by atoms with Crippen LogP contribution in [-0.2, 0) is 4.79 Å². The molecule has 1 fully saturated rings. The maximum absolute atomic E-state index is 12.4. The van der Waals surface area contributed by atoms with Crippen LogP contribution in [0.3, 0.4) is 0 Å². The Hall–Kier alpha value is -0.610. The van der Waals surface area contributed by atoms with Crippen LogP contribution in [0, 0.1) is 11.3 Å². The number of rotatable bonds is 7. The molecule has 1 rings (SSSR count). The van der Waals surface area contributed by atoms with Crippen molar-refractivity contribution in [2.24, 2.45) is 11.3 Å². The molecule has 0 radical (unpaired) electrons. The number of nitrogens with one attached hydrogen (secondary N) is 2. The topological polar surface area (TPSA) is 44.4 Å². The quantitative estimate of drug-likeness (QED) is 0.735. The van der Waals surface area contributed by atoms with Gasteiger partial charge in [-0.2, -0.15) is 0 Å². The lowest BCUT2D eigenvalue weighted by molar-refractivity contribution is -0.132. The van der Waals surface area contributed by atoms with E-state index in [2.05, 4.69) is 43.2 Å². The first-order valence-electron chi connectivity index (χ1n) is 7.73. The summed E-state index contributed by atoms with van der Waals surface area (Å²) in [6.07, 6.45) is 2.34. The zero-order valence-corrected chi connectivity index (χ0v) is 13.1. The average molecular weight is 269 g/mol. The molecule has 0 aliphatic carbocycles. The van der Waals surface area contributed by atoms with Crippen LogP contribution in [0.1, 0.15) is 40.5 Å². The third kappa shape index (κ3) is 4.77. The van der Waals surface area contributed by atoms with E-state index < -0.39 is 0 Å². The number of hydrogen-bond donors (Lipinski definition) is 2. The molecular weight excluding hydrogens is 238 g/mol. The van der Waals surface area contributed by atoms with Crippen LogP contribution >= 0.6 is 0 Å². The molecule has 0 aromatic carbocycles. The van der Waals surface area contributed by atoms with Gasteiger partial charge in [0.25, 0.3) is 0 Å². The van der Waals surface area contributed by atoms with Crippen molar-refractivity contribution in [1.29, 1.82) is 0 Å². The summed E-state index contributed by atoms with van der Waals surface area (Å²) in [7, 11) is 0. The number of carbonyl (C=O) groups excluding carboxylic acids is 1. The fourth-order valence-electron chi connectivity index (χ4n) is 2.75. The Bertz CT molecular complexity index is 269. The summed E-state index contributed by atoms with van der Waals surface area (Å²) in [5.41, 5.74) is -0.267. The fraction of sp³-hybridized carbons (Fsp3) is 0.933. The predicted octanol–water partition coefficient (Wildman–Crippen LogP) is 1.47. The van der Waals surface area contributed by atoms with Gasteiger partial charge in [-0.15, -0.1) is 0 Å². The van der Waals surface area contributed by atoms with E-state index in [1.165, 1.54) is 6.42 Å². The average Bonchev–Trinajstić information content (AvgIpc) is 2.44. The van der Waals surface area contributed by atoms with Crippen molar-refractivity contribution < 1.29 is 4.79 Å². The van der Waals surface area contributed by atoms with Crippen LogP contribution in [0.25, 0.3) is 0 Å². The van der Waals surface area contributed by atoms with Gasteiger partial charge in [0.2, 0.25) is 5.91 Å². The molecule has 0 saturated carbocycles. The Labute approximate surface area is 118 Å². The lowest BCUT2D eigenvalue weighted by Gasteiger charge is -2.36. The lowest BCUT2D eigenvalue weighted by atomic mass is 9.74. The van der Waals surface area contributed by atoms with Crippen LogP contribution < -0.4 is 10.6 Å². The van der Waals surface area contributed by atoms with Gasteiger partial charge in [0.1, 0.15) is 0 Å². The molecule has 19 heavy (non-hydrogen) atoms. The first-order chi connectivity index (χ1) is 9.02. The minimum atomic E-state index is -0.267. The summed E-state index contributed by atoms with van der Waals surface area (Å²) in [6, 6.07) is 0. The molecule has 4 heteroatoms. The van der Waals surface area contributed by atoms with Crippen molar-refractivity contribution in [2.75, 3.05) is 39.3 Å². The Morgan fingerprint density at radius 2 is 2.05 bits per heavy atom. The van der Waals surface area contributed by atoms with E-state index in [4.69, 9.17) is 0 Å². The molecule has 1 amide bonds. The molecule has 0 bridgehead atoms. The molecule has 1 aliphatic rings. The second-order valence-corrected chi connectivity index (χ2v) is 6.05. The Balaban J connectivity index is 2.38. The summed E-state index contributed by atoms with van der Waals surface area (Å²) < 4.78 is 0. The molecule has 0 spiro atoms. The van der Waals surface area contributed by atoms with Gasteiger partial charge in [-0.25, -0.2) is 0 Å². The van der Waals surface area contributed by atoms with Crippen molar-refractivity contribution in [3.8, 4) is 0 Å². The summed E-state index contributed by atoms with van der Waals surface area (Å²) in [6.45, 7) is 14.3. The first-order valence-corrected chi connectivity index (χ1v) is 7.73. The molecule has 1 atom stereocenters. The summed E-state index contributed by atoms with van der Waals surface area (Å²) >= 11 is 0. The molecule has 2 N–H and O–H groups in total. The van der Waals surface area contributed by atoms with E-state index in [9.17, 15) is 4.79 Å². The molecule has 1 saturated heterocycles. The van der Waals surface area contributed by atoms with Crippen LogP contribution in [0.4, 0.5) is 0 Å². The molecule has 0 aromatic rings. The second kappa shape index (κ2) is 7.85. The van der Waals surface area contributed by atoms with E-state index in [0.29, 0.717) is 5.92 Å². The van der Waals surface area contributed by atoms with Crippen LogP contribution in [0.2, 0.25) is 0 Å². The summed E-state index contributed by atoms with van der Waals surface area (Å²) in [5, 5.41) is 6.51. The molecule has 1 aliphatic heterocycles. The van der Waals surface area contributed by atoms with Gasteiger partial charge in [-0.05, 0) is 44.9 Å². The number of carbonyl (C=O) groups is 1. The normalized spacial score (nSPS) is 20.6. The monoisotopic (exact) mass is 269 g/mol. The number of likely N-dealkylation sites (N-methyl/N-ethyl adjacent to an activating group) is 1. The molecule has 1 heterocycles. The van der Waals surface area contributed by atoms with Crippen molar-refractivity contribution >= 4 is 5.91 Å². The Kier molecular flexibility index (Phi) is 6.80. The zero-order valence-electron chi connectivity index (χ0n) is 13.1. The maximum atomic E-state index is 12.4. The van der Waals surface area contributed by atoms with E-state index in [0.717, 1.165) is 45.7 Å². The van der Waals surface area contributed by atoms with Crippen molar-refractivity contribution in [2.45, 2.75) is 40.5 Å².